The highest BCUT2D eigenvalue weighted by molar-refractivity contribution is 5.95. The number of rotatable bonds is 6. The Hall–Kier alpha value is -4.18. The number of nitrogens with zero attached hydrogens (tertiary/aromatic N) is 6. The van der Waals surface area contributed by atoms with Gasteiger partial charge in [-0.05, 0) is 56.6 Å². The van der Waals surface area contributed by atoms with Crippen LogP contribution < -0.4 is 10.9 Å². The van der Waals surface area contributed by atoms with Crippen molar-refractivity contribution in [3.8, 4) is 11.3 Å². The smallest absolute Gasteiger partial charge is 0.259 e. The van der Waals surface area contributed by atoms with Crippen LogP contribution in [0.4, 0.5) is 11.5 Å². The second-order valence-electron chi connectivity index (χ2n) is 9.24. The van der Waals surface area contributed by atoms with Gasteiger partial charge in [0.1, 0.15) is 12.1 Å². The third kappa shape index (κ3) is 5.08. The van der Waals surface area contributed by atoms with Crippen LogP contribution in [0.2, 0.25) is 0 Å². The van der Waals surface area contributed by atoms with E-state index in [0.29, 0.717) is 29.4 Å². The minimum absolute atomic E-state index is 0.171. The molecule has 0 aliphatic carbocycles. The fourth-order valence-electron chi connectivity index (χ4n) is 4.54. The number of amides is 1. The maximum atomic E-state index is 12.6. The van der Waals surface area contributed by atoms with Crippen LogP contribution in [0.15, 0.2) is 60.2 Å². The molecule has 1 fully saturated rings. The molecule has 4 aromatic heterocycles. The summed E-state index contributed by atoms with van der Waals surface area (Å²) >= 11 is 0. The molecule has 10 heteroatoms. The quantitative estimate of drug-likeness (QED) is 0.429. The van der Waals surface area contributed by atoms with E-state index in [0.717, 1.165) is 48.3 Å². The summed E-state index contributed by atoms with van der Waals surface area (Å²) in [5.74, 6) is 0.922. The van der Waals surface area contributed by atoms with Crippen molar-refractivity contribution in [2.75, 3.05) is 39.0 Å². The summed E-state index contributed by atoms with van der Waals surface area (Å²) in [4.78, 5) is 49.1. The number of H-pyrrole nitrogens is 1. The van der Waals surface area contributed by atoms with Crippen LogP contribution in [0.3, 0.4) is 0 Å². The van der Waals surface area contributed by atoms with Gasteiger partial charge in [0.05, 0.1) is 29.5 Å². The standard InChI is InChI=1S/C26H28N8O2/c1-33(2)15-23(35)34-9-6-17(7-10-34)21-4-3-20(14-30-21)31-25-24-18(5-8-29-26(24)36)11-22(32-25)19-12-27-16-28-13-19/h3-5,8,11-14,16-17H,6-7,9-10,15H2,1-2H3,(H,29,36)(H,31,32). The molecule has 0 atom stereocenters. The molecule has 4 aromatic rings. The molecule has 36 heavy (non-hydrogen) atoms. The van der Waals surface area contributed by atoms with Gasteiger partial charge in [-0.25, -0.2) is 15.0 Å². The van der Waals surface area contributed by atoms with Crippen LogP contribution in [0, 0.1) is 0 Å². The number of aromatic nitrogens is 5. The van der Waals surface area contributed by atoms with E-state index in [4.69, 9.17) is 9.97 Å². The lowest BCUT2D eigenvalue weighted by Gasteiger charge is -2.32. The van der Waals surface area contributed by atoms with Gasteiger partial charge in [-0.1, -0.05) is 0 Å². The van der Waals surface area contributed by atoms with Crippen molar-refractivity contribution in [2.24, 2.45) is 0 Å². The minimum atomic E-state index is -0.224. The predicted molar refractivity (Wildman–Crippen MR) is 138 cm³/mol. The van der Waals surface area contributed by atoms with Crippen molar-refractivity contribution in [2.45, 2.75) is 18.8 Å². The van der Waals surface area contributed by atoms with Gasteiger partial charge in [0.25, 0.3) is 5.56 Å². The molecule has 1 aliphatic heterocycles. The maximum absolute atomic E-state index is 12.6. The average molecular weight is 485 g/mol. The molecule has 2 N–H and O–H groups in total. The van der Waals surface area contributed by atoms with Gasteiger partial charge in [-0.3, -0.25) is 14.6 Å². The van der Waals surface area contributed by atoms with Crippen molar-refractivity contribution in [1.82, 2.24) is 34.7 Å². The van der Waals surface area contributed by atoms with Crippen LogP contribution in [0.25, 0.3) is 22.0 Å². The van der Waals surface area contributed by atoms with Crippen LogP contribution >= 0.6 is 0 Å². The van der Waals surface area contributed by atoms with E-state index >= 15 is 0 Å². The number of hydrogen-bond acceptors (Lipinski definition) is 8. The molecule has 0 spiro atoms. The first-order valence-electron chi connectivity index (χ1n) is 11.9. The fraction of sp³-hybridized carbons (Fsp3) is 0.308. The zero-order chi connectivity index (χ0) is 25.1. The number of pyridine rings is 3. The van der Waals surface area contributed by atoms with Crippen LogP contribution in [0.1, 0.15) is 24.5 Å². The summed E-state index contributed by atoms with van der Waals surface area (Å²) in [5, 5.41) is 4.51. The van der Waals surface area contributed by atoms with Crippen molar-refractivity contribution < 1.29 is 4.79 Å². The topological polar surface area (TPSA) is 120 Å². The summed E-state index contributed by atoms with van der Waals surface area (Å²) in [5.41, 5.74) is 2.93. The molecule has 0 unspecified atom stereocenters. The third-order valence-corrected chi connectivity index (χ3v) is 6.38. The number of hydrogen-bond donors (Lipinski definition) is 2. The summed E-state index contributed by atoms with van der Waals surface area (Å²) in [6.07, 6.45) is 10.0. The summed E-state index contributed by atoms with van der Waals surface area (Å²) in [6, 6.07) is 7.65. The molecule has 0 saturated carbocycles. The Labute approximate surface area is 208 Å². The molecular weight excluding hydrogens is 456 g/mol. The first kappa shape index (κ1) is 23.6. The second-order valence-corrected chi connectivity index (χ2v) is 9.24. The Balaban J connectivity index is 1.35. The molecule has 5 heterocycles. The SMILES string of the molecule is CN(C)CC(=O)N1CCC(c2ccc(Nc3nc(-c4cncnc4)cc4cc[nH]c(=O)c34)cn2)CC1. The average Bonchev–Trinajstić information content (AvgIpc) is 2.89. The van der Waals surface area contributed by atoms with Gasteiger partial charge in [0.15, 0.2) is 0 Å². The van der Waals surface area contributed by atoms with E-state index < -0.39 is 0 Å². The molecule has 0 bridgehead atoms. The Morgan fingerprint density at radius 1 is 1.14 bits per heavy atom. The first-order chi connectivity index (χ1) is 17.5. The molecular formula is C26H28N8O2. The van der Waals surface area contributed by atoms with Gasteiger partial charge in [-0.15, -0.1) is 0 Å². The van der Waals surface area contributed by atoms with Crippen molar-refractivity contribution in [1.29, 1.82) is 0 Å². The number of likely N-dealkylation sites (N-methyl/N-ethyl adjacent to an activating group) is 1. The first-order valence-corrected chi connectivity index (χ1v) is 11.9. The summed E-state index contributed by atoms with van der Waals surface area (Å²) in [7, 11) is 3.82. The lowest BCUT2D eigenvalue weighted by molar-refractivity contribution is -0.132. The molecule has 10 nitrogen and oxygen atoms in total. The van der Waals surface area contributed by atoms with Gasteiger partial charge in [0, 0.05) is 48.9 Å². The normalized spacial score (nSPS) is 14.4. The zero-order valence-electron chi connectivity index (χ0n) is 20.3. The number of likely N-dealkylation sites (tertiary alicyclic amines) is 1. The molecule has 1 amide bonds. The number of fused-ring (bicyclic) bond motifs is 1. The zero-order valence-corrected chi connectivity index (χ0v) is 20.3. The van der Waals surface area contributed by atoms with Gasteiger partial charge in [-0.2, -0.15) is 0 Å². The van der Waals surface area contributed by atoms with Gasteiger partial charge < -0.3 is 20.1 Å². The second kappa shape index (κ2) is 10.2. The van der Waals surface area contributed by atoms with E-state index in [9.17, 15) is 9.59 Å². The summed E-state index contributed by atoms with van der Waals surface area (Å²) < 4.78 is 0. The fourth-order valence-corrected chi connectivity index (χ4v) is 4.54. The van der Waals surface area contributed by atoms with Crippen molar-refractivity contribution >= 4 is 28.2 Å². The number of carbonyl (C=O) groups excluding carboxylic acids is 1. The minimum Gasteiger partial charge on any atom is -0.342 e. The number of anilines is 2. The molecule has 0 aromatic carbocycles. The molecule has 184 valence electrons. The Morgan fingerprint density at radius 2 is 1.92 bits per heavy atom. The Kier molecular flexibility index (Phi) is 6.68. The molecule has 1 saturated heterocycles. The van der Waals surface area contributed by atoms with E-state index in [2.05, 4.69) is 20.3 Å². The largest absolute Gasteiger partial charge is 0.342 e. The van der Waals surface area contributed by atoms with Crippen LogP contribution in [-0.4, -0.2) is 74.4 Å². The Morgan fingerprint density at radius 3 is 2.61 bits per heavy atom. The van der Waals surface area contributed by atoms with Crippen molar-refractivity contribution in [3.05, 3.63) is 71.4 Å². The monoisotopic (exact) mass is 484 g/mol. The van der Waals surface area contributed by atoms with E-state index in [-0.39, 0.29) is 11.5 Å². The van der Waals surface area contributed by atoms with Crippen LogP contribution in [0.5, 0.6) is 0 Å². The summed E-state index contributed by atoms with van der Waals surface area (Å²) in [6.45, 7) is 1.93. The highest BCUT2D eigenvalue weighted by Crippen LogP contribution is 2.29. The van der Waals surface area contributed by atoms with Gasteiger partial charge >= 0.3 is 0 Å². The predicted octanol–water partition coefficient (Wildman–Crippen LogP) is 2.79. The molecule has 0 radical (unpaired) electrons. The van der Waals surface area contributed by atoms with E-state index in [1.165, 1.54) is 6.33 Å². The third-order valence-electron chi connectivity index (χ3n) is 6.38. The number of carbonyl (C=O) groups is 1. The van der Waals surface area contributed by atoms with Crippen LogP contribution in [-0.2, 0) is 4.79 Å². The Bertz CT molecular complexity index is 1410. The lowest BCUT2D eigenvalue weighted by atomic mass is 9.93. The number of piperidine rings is 1. The highest BCUT2D eigenvalue weighted by atomic mass is 16.2. The van der Waals surface area contributed by atoms with Crippen molar-refractivity contribution in [3.63, 3.8) is 0 Å². The number of aromatic amines is 1. The highest BCUT2D eigenvalue weighted by Gasteiger charge is 2.24. The number of nitrogens with one attached hydrogen (secondary N) is 2. The van der Waals surface area contributed by atoms with Gasteiger partial charge in [0.2, 0.25) is 5.91 Å². The lowest BCUT2D eigenvalue weighted by Crippen LogP contribution is -2.42. The maximum Gasteiger partial charge on any atom is 0.259 e. The molecule has 1 aliphatic rings. The molecule has 5 rings (SSSR count). The van der Waals surface area contributed by atoms with E-state index in [1.54, 1.807) is 24.8 Å². The van der Waals surface area contributed by atoms with E-state index in [1.807, 2.05) is 48.2 Å².